The number of benzene rings is 1. The monoisotopic (exact) mass is 665 g/mol. The molecule has 242 valence electrons. The van der Waals surface area contributed by atoms with E-state index in [9.17, 15) is 26.4 Å². The fraction of sp³-hybridized carbons (Fsp3) is 0.367. The van der Waals surface area contributed by atoms with Crippen molar-refractivity contribution in [3.05, 3.63) is 75.9 Å². The van der Waals surface area contributed by atoms with Crippen molar-refractivity contribution in [2.24, 2.45) is 5.73 Å². The highest BCUT2D eigenvalue weighted by atomic mass is 32.2. The second-order valence-electron chi connectivity index (χ2n) is 10.8. The van der Waals surface area contributed by atoms with Gasteiger partial charge in [0.2, 0.25) is 10.0 Å². The molecule has 1 aliphatic heterocycles. The number of carbonyl (C=O) groups excluding carboxylic acids is 1. The lowest BCUT2D eigenvalue weighted by molar-refractivity contribution is -0.192. The number of piperidine rings is 1. The average Bonchev–Trinajstić information content (AvgIpc) is 3.64. The zero-order chi connectivity index (χ0) is 32.9. The molecule has 0 saturated carbocycles. The number of fused-ring (bicyclic) bond motifs is 1. The normalized spacial score (nSPS) is 14.8. The van der Waals surface area contributed by atoms with Gasteiger partial charge in [-0.15, -0.1) is 11.3 Å². The molecule has 10 nitrogen and oxygen atoms in total. The number of alkyl halides is 3. The van der Waals surface area contributed by atoms with E-state index in [2.05, 4.69) is 39.4 Å². The van der Waals surface area contributed by atoms with Crippen LogP contribution in [-0.4, -0.2) is 76.6 Å². The average molecular weight is 666 g/mol. The van der Waals surface area contributed by atoms with E-state index < -0.39 is 28.1 Å². The van der Waals surface area contributed by atoms with Gasteiger partial charge in [-0.2, -0.15) is 13.2 Å². The second kappa shape index (κ2) is 14.1. The third-order valence-corrected chi connectivity index (χ3v) is 10.4. The largest absolute Gasteiger partial charge is 0.490 e. The standard InChI is InChI=1S/C28H33N5O3S2.C2HF3O2/c1-3-38(35,36)33-10-6-20(7-11-33)26-15-31-27-24(26)13-21(14-25(27)28(29)34)22-12-23(37-18-22)17-32(2)16-19-4-8-30-9-5-19;3-2(4,5)1(6)7/h4-5,8-9,12-15,18,20,31H,3,6-7,10-11,16-17H2,1-2H3,(H2,29,34);(H,6,7). The summed E-state index contributed by atoms with van der Waals surface area (Å²) in [4.78, 5) is 32.2. The van der Waals surface area contributed by atoms with E-state index in [-0.39, 0.29) is 11.7 Å². The summed E-state index contributed by atoms with van der Waals surface area (Å²) < 4.78 is 57.9. The molecule has 4 heterocycles. The lowest BCUT2D eigenvalue weighted by Crippen LogP contribution is -2.38. The molecule has 0 radical (unpaired) electrons. The topological polar surface area (TPSA) is 150 Å². The van der Waals surface area contributed by atoms with Crippen molar-refractivity contribution in [1.82, 2.24) is 19.2 Å². The third-order valence-electron chi connectivity index (χ3n) is 7.60. The summed E-state index contributed by atoms with van der Waals surface area (Å²) >= 11 is 1.70. The van der Waals surface area contributed by atoms with Crippen molar-refractivity contribution in [2.75, 3.05) is 25.9 Å². The molecule has 0 bridgehead atoms. The Labute approximate surface area is 262 Å². The van der Waals surface area contributed by atoms with Crippen LogP contribution in [0.3, 0.4) is 0 Å². The molecule has 0 aliphatic carbocycles. The Morgan fingerprint density at radius 2 is 1.78 bits per heavy atom. The van der Waals surface area contributed by atoms with Crippen molar-refractivity contribution in [3.8, 4) is 11.1 Å². The summed E-state index contributed by atoms with van der Waals surface area (Å²) in [5.74, 6) is -2.89. The fourth-order valence-corrected chi connectivity index (χ4v) is 7.42. The summed E-state index contributed by atoms with van der Waals surface area (Å²) in [7, 11) is -1.08. The minimum atomic E-state index is -5.08. The van der Waals surface area contributed by atoms with Crippen LogP contribution in [0.25, 0.3) is 22.0 Å². The number of aromatic amines is 1. The lowest BCUT2D eigenvalue weighted by Gasteiger charge is -2.31. The molecular formula is C30H34F3N5O5S2. The van der Waals surface area contributed by atoms with Gasteiger partial charge in [-0.1, -0.05) is 0 Å². The maximum absolute atomic E-state index is 12.4. The number of carboxylic acids is 1. The Kier molecular flexibility index (Phi) is 10.7. The van der Waals surface area contributed by atoms with E-state index >= 15 is 0 Å². The molecule has 4 N–H and O–H groups in total. The van der Waals surface area contributed by atoms with Gasteiger partial charge in [-0.3, -0.25) is 14.7 Å². The molecule has 5 rings (SSSR count). The number of amides is 1. The first-order valence-corrected chi connectivity index (χ1v) is 16.6. The number of carboxylic acid groups (broad SMARTS) is 1. The predicted octanol–water partition coefficient (Wildman–Crippen LogP) is 5.18. The molecule has 1 fully saturated rings. The van der Waals surface area contributed by atoms with Crippen LogP contribution in [0.15, 0.2) is 54.3 Å². The van der Waals surface area contributed by atoms with Crippen molar-refractivity contribution in [3.63, 3.8) is 0 Å². The zero-order valence-electron chi connectivity index (χ0n) is 24.7. The molecule has 0 atom stereocenters. The number of nitrogens with zero attached hydrogens (tertiary/aromatic N) is 3. The summed E-state index contributed by atoms with van der Waals surface area (Å²) in [6, 6.07) is 10.2. The van der Waals surface area contributed by atoms with Gasteiger partial charge in [0.1, 0.15) is 0 Å². The predicted molar refractivity (Wildman–Crippen MR) is 166 cm³/mol. The number of hydrogen-bond donors (Lipinski definition) is 3. The number of aliphatic carboxylic acids is 1. The Morgan fingerprint density at radius 3 is 2.36 bits per heavy atom. The quantitative estimate of drug-likeness (QED) is 0.223. The van der Waals surface area contributed by atoms with Crippen LogP contribution in [0.2, 0.25) is 0 Å². The van der Waals surface area contributed by atoms with E-state index in [4.69, 9.17) is 15.6 Å². The van der Waals surface area contributed by atoms with Gasteiger partial charge in [-0.25, -0.2) is 17.5 Å². The second-order valence-corrected chi connectivity index (χ2v) is 14.0. The minimum Gasteiger partial charge on any atom is -0.475 e. The molecule has 45 heavy (non-hydrogen) atoms. The highest BCUT2D eigenvalue weighted by Crippen LogP contribution is 2.38. The number of nitrogens with one attached hydrogen (secondary N) is 1. The van der Waals surface area contributed by atoms with Gasteiger partial charge in [0.15, 0.2) is 0 Å². The highest BCUT2D eigenvalue weighted by Gasteiger charge is 2.38. The van der Waals surface area contributed by atoms with E-state index in [0.717, 1.165) is 53.5 Å². The first-order valence-electron chi connectivity index (χ1n) is 14.1. The number of carbonyl (C=O) groups is 2. The van der Waals surface area contributed by atoms with Crippen LogP contribution < -0.4 is 5.73 Å². The van der Waals surface area contributed by atoms with Crippen LogP contribution >= 0.6 is 11.3 Å². The van der Waals surface area contributed by atoms with E-state index in [1.165, 1.54) is 10.4 Å². The van der Waals surface area contributed by atoms with Gasteiger partial charge in [0.05, 0.1) is 16.8 Å². The maximum atomic E-state index is 12.4. The van der Waals surface area contributed by atoms with Gasteiger partial charge >= 0.3 is 12.1 Å². The van der Waals surface area contributed by atoms with Crippen molar-refractivity contribution in [1.29, 1.82) is 0 Å². The third kappa shape index (κ3) is 8.48. The molecule has 4 aromatic rings. The molecule has 15 heteroatoms. The number of nitrogens with two attached hydrogens (primary N) is 1. The number of thiophene rings is 1. The van der Waals surface area contributed by atoms with E-state index in [1.54, 1.807) is 22.6 Å². The number of halogens is 3. The smallest absolute Gasteiger partial charge is 0.475 e. The maximum Gasteiger partial charge on any atom is 0.490 e. The first kappa shape index (κ1) is 34.1. The Balaban J connectivity index is 0.000000591. The highest BCUT2D eigenvalue weighted by molar-refractivity contribution is 7.89. The molecular weight excluding hydrogens is 631 g/mol. The van der Waals surface area contributed by atoms with Crippen LogP contribution in [0.5, 0.6) is 0 Å². The minimum absolute atomic E-state index is 0.123. The van der Waals surface area contributed by atoms with Crippen LogP contribution in [-0.2, 0) is 27.9 Å². The van der Waals surface area contributed by atoms with Crippen molar-refractivity contribution < 1.29 is 36.3 Å². The number of hydrogen-bond acceptors (Lipinski definition) is 7. The summed E-state index contributed by atoms with van der Waals surface area (Å²) in [6.45, 7) is 4.35. The van der Waals surface area contributed by atoms with Crippen LogP contribution in [0.4, 0.5) is 13.2 Å². The van der Waals surface area contributed by atoms with Crippen molar-refractivity contribution >= 4 is 44.1 Å². The number of sulfonamides is 1. The van der Waals surface area contributed by atoms with E-state index in [1.807, 2.05) is 36.8 Å². The SMILES string of the molecule is CCS(=O)(=O)N1CCC(c2c[nH]c3c(C(N)=O)cc(-c4csc(CN(C)Cc5ccncc5)c4)cc23)CC1.O=C(O)C(F)(F)F. The number of primary amides is 1. The summed E-state index contributed by atoms with van der Waals surface area (Å²) in [6.07, 6.45) is 1.99. The molecule has 0 spiro atoms. The number of H-pyrrole nitrogens is 1. The molecule has 1 aromatic carbocycles. The molecule has 1 aliphatic rings. The summed E-state index contributed by atoms with van der Waals surface area (Å²) in [5.41, 5.74) is 11.4. The van der Waals surface area contributed by atoms with Gasteiger partial charge in [0.25, 0.3) is 5.91 Å². The number of rotatable bonds is 9. The molecule has 0 unspecified atom stereocenters. The molecule has 3 aromatic heterocycles. The summed E-state index contributed by atoms with van der Waals surface area (Å²) in [5, 5.41) is 10.2. The van der Waals surface area contributed by atoms with E-state index in [0.29, 0.717) is 18.7 Å². The Bertz CT molecular complexity index is 1750. The van der Waals surface area contributed by atoms with Gasteiger partial charge < -0.3 is 15.8 Å². The van der Waals surface area contributed by atoms with Crippen LogP contribution in [0, 0.1) is 0 Å². The Hall–Kier alpha value is -3.79. The lowest BCUT2D eigenvalue weighted by atomic mass is 9.88. The van der Waals surface area contributed by atoms with Crippen molar-refractivity contribution in [2.45, 2.75) is 44.9 Å². The number of aromatic nitrogens is 2. The van der Waals surface area contributed by atoms with Crippen LogP contribution in [0.1, 0.15) is 52.0 Å². The van der Waals surface area contributed by atoms with Gasteiger partial charge in [0, 0.05) is 55.0 Å². The van der Waals surface area contributed by atoms with Gasteiger partial charge in [-0.05, 0) is 90.7 Å². The zero-order valence-corrected chi connectivity index (χ0v) is 26.3. The first-order chi connectivity index (χ1) is 21.2. The molecule has 1 saturated heterocycles. The fourth-order valence-electron chi connectivity index (χ4n) is 5.32. The molecule has 1 amide bonds. The Morgan fingerprint density at radius 1 is 1.13 bits per heavy atom. The number of pyridine rings is 1.